The fraction of sp³-hybridized carbons (Fsp3) is 0.385. The number of aliphatic carboxylic acids is 2. The third-order valence-electron chi connectivity index (χ3n) is 2.90. The number of carbonyl (C=O) groups is 2. The zero-order chi connectivity index (χ0) is 12.9. The van der Waals surface area contributed by atoms with E-state index in [-0.39, 0.29) is 25.3 Å². The normalized spacial score (nSPS) is 10.5. The van der Waals surface area contributed by atoms with Gasteiger partial charge in [-0.05, 0) is 12.0 Å². The summed E-state index contributed by atoms with van der Waals surface area (Å²) in [6.45, 7) is 1.90. The Hall–Kier alpha value is -1.24. The number of benzene rings is 1. The maximum absolute atomic E-state index is 11.4. The first-order valence-corrected chi connectivity index (χ1v) is 5.58. The summed E-state index contributed by atoms with van der Waals surface area (Å²) in [5.74, 6) is -2.60. The minimum atomic E-state index is -1.82. The Balaban J connectivity index is 0.00000289. The van der Waals surface area contributed by atoms with E-state index in [9.17, 15) is 19.8 Å². The topological polar surface area (TPSA) is 74.6 Å². The Morgan fingerprint density at radius 3 is 2.00 bits per heavy atom. The van der Waals surface area contributed by atoms with E-state index in [1.165, 1.54) is 0 Å². The van der Waals surface area contributed by atoms with Gasteiger partial charge in [0, 0.05) is 0 Å². The molecule has 0 fully saturated rings. The summed E-state index contributed by atoms with van der Waals surface area (Å²) in [5.41, 5.74) is -1.49. The molecule has 4 nitrogen and oxygen atoms in total. The Morgan fingerprint density at radius 1 is 1.11 bits per heavy atom. The first-order valence-electron chi connectivity index (χ1n) is 5.58. The Labute approximate surface area is 118 Å². The monoisotopic (exact) mass is 244 g/mol. The van der Waals surface area contributed by atoms with Crippen LogP contribution in [-0.4, -0.2) is 41.0 Å². The van der Waals surface area contributed by atoms with E-state index in [4.69, 9.17) is 0 Å². The molecule has 0 saturated carbocycles. The second-order valence-corrected chi connectivity index (χ2v) is 3.99. The van der Waals surface area contributed by atoms with E-state index in [1.807, 2.05) is 6.92 Å². The Bertz CT molecular complexity index is 389. The molecule has 0 heterocycles. The van der Waals surface area contributed by atoms with Crippen LogP contribution in [0, 0.1) is 0 Å². The molecule has 5 heteroatoms. The van der Waals surface area contributed by atoms with Crippen molar-refractivity contribution in [1.82, 2.24) is 0 Å². The van der Waals surface area contributed by atoms with E-state index in [0.29, 0.717) is 12.0 Å². The van der Waals surface area contributed by atoms with Gasteiger partial charge in [0.1, 0.15) is 0 Å². The average molecular weight is 244 g/mol. The van der Waals surface area contributed by atoms with Gasteiger partial charge in [-0.3, -0.25) is 9.59 Å². The summed E-state index contributed by atoms with van der Waals surface area (Å²) in [7, 11) is 0. The van der Waals surface area contributed by atoms with Gasteiger partial charge in [-0.1, -0.05) is 50.1 Å². The zero-order valence-electron chi connectivity index (χ0n) is 9.72. The van der Waals surface area contributed by atoms with Crippen LogP contribution in [-0.2, 0) is 15.0 Å². The van der Waals surface area contributed by atoms with Crippen molar-refractivity contribution in [3.8, 4) is 0 Å². The molecule has 2 N–H and O–H groups in total. The van der Waals surface area contributed by atoms with Crippen molar-refractivity contribution in [3.05, 3.63) is 35.9 Å². The van der Waals surface area contributed by atoms with Crippen molar-refractivity contribution >= 4 is 30.8 Å². The van der Waals surface area contributed by atoms with Crippen LogP contribution in [0.2, 0.25) is 0 Å². The first-order chi connectivity index (χ1) is 8.05. The molecule has 0 spiro atoms. The molecule has 1 aromatic rings. The van der Waals surface area contributed by atoms with Gasteiger partial charge >= 0.3 is 30.8 Å². The molecule has 1 rings (SSSR count). The predicted molar refractivity (Wildman–Crippen MR) is 70.1 cm³/mol. The first kappa shape index (κ1) is 16.8. The number of carboxylic acids is 2. The molecule has 0 aliphatic rings. The number of rotatable bonds is 6. The molecule has 0 aliphatic heterocycles. The number of hydrogen-bond acceptors (Lipinski definition) is 2. The fourth-order valence-electron chi connectivity index (χ4n) is 1.86. The van der Waals surface area contributed by atoms with Crippen LogP contribution in [0.25, 0.3) is 0 Å². The SMILES string of the molecule is CCCCC(C(=O)O)(C(=O)O)c1ccccc1.[LiH]. The Kier molecular flexibility index (Phi) is 6.75. The molecular formula is C13H17LiO4. The van der Waals surface area contributed by atoms with Gasteiger partial charge in [0.15, 0.2) is 5.41 Å². The zero-order valence-corrected chi connectivity index (χ0v) is 9.72. The van der Waals surface area contributed by atoms with E-state index in [0.717, 1.165) is 6.42 Å². The Morgan fingerprint density at radius 2 is 1.61 bits per heavy atom. The third-order valence-corrected chi connectivity index (χ3v) is 2.90. The van der Waals surface area contributed by atoms with Gasteiger partial charge in [-0.2, -0.15) is 0 Å². The van der Waals surface area contributed by atoms with Crippen LogP contribution >= 0.6 is 0 Å². The second kappa shape index (κ2) is 7.25. The molecule has 18 heavy (non-hydrogen) atoms. The molecule has 0 aliphatic carbocycles. The van der Waals surface area contributed by atoms with Crippen LogP contribution in [0.4, 0.5) is 0 Å². The van der Waals surface area contributed by atoms with E-state index >= 15 is 0 Å². The number of unbranched alkanes of at least 4 members (excludes halogenated alkanes) is 1. The molecule has 0 radical (unpaired) electrons. The molecule has 0 aromatic heterocycles. The average Bonchev–Trinajstić information content (AvgIpc) is 2.30. The van der Waals surface area contributed by atoms with Gasteiger partial charge in [0.2, 0.25) is 0 Å². The molecular weight excluding hydrogens is 227 g/mol. The van der Waals surface area contributed by atoms with Crippen LogP contribution in [0.5, 0.6) is 0 Å². The van der Waals surface area contributed by atoms with Crippen molar-refractivity contribution in [2.75, 3.05) is 0 Å². The van der Waals surface area contributed by atoms with Gasteiger partial charge in [0.05, 0.1) is 0 Å². The molecule has 0 atom stereocenters. The molecule has 94 valence electrons. The van der Waals surface area contributed by atoms with Gasteiger partial charge in [-0.25, -0.2) is 0 Å². The summed E-state index contributed by atoms with van der Waals surface area (Å²) in [4.78, 5) is 22.8. The molecule has 0 unspecified atom stereocenters. The van der Waals surface area contributed by atoms with Crippen molar-refractivity contribution in [2.45, 2.75) is 31.6 Å². The van der Waals surface area contributed by atoms with Crippen molar-refractivity contribution in [1.29, 1.82) is 0 Å². The van der Waals surface area contributed by atoms with Crippen LogP contribution in [0.1, 0.15) is 31.7 Å². The van der Waals surface area contributed by atoms with Crippen LogP contribution in [0.3, 0.4) is 0 Å². The summed E-state index contributed by atoms with van der Waals surface area (Å²) in [6, 6.07) is 8.15. The van der Waals surface area contributed by atoms with Gasteiger partial charge < -0.3 is 10.2 Å². The number of carboxylic acid groups (broad SMARTS) is 2. The van der Waals surface area contributed by atoms with Crippen molar-refractivity contribution in [3.63, 3.8) is 0 Å². The van der Waals surface area contributed by atoms with E-state index < -0.39 is 17.4 Å². The third kappa shape index (κ3) is 3.15. The van der Waals surface area contributed by atoms with Crippen LogP contribution < -0.4 is 0 Å². The summed E-state index contributed by atoms with van der Waals surface area (Å²) >= 11 is 0. The van der Waals surface area contributed by atoms with E-state index in [2.05, 4.69) is 0 Å². The minimum absolute atomic E-state index is 0. The van der Waals surface area contributed by atoms with Gasteiger partial charge in [0.25, 0.3) is 0 Å². The summed E-state index contributed by atoms with van der Waals surface area (Å²) < 4.78 is 0. The van der Waals surface area contributed by atoms with Crippen molar-refractivity contribution in [2.24, 2.45) is 0 Å². The second-order valence-electron chi connectivity index (χ2n) is 3.99. The fourth-order valence-corrected chi connectivity index (χ4v) is 1.86. The molecule has 0 saturated heterocycles. The maximum atomic E-state index is 11.4. The summed E-state index contributed by atoms with van der Waals surface area (Å²) in [6.07, 6.45) is 1.43. The van der Waals surface area contributed by atoms with Crippen molar-refractivity contribution < 1.29 is 19.8 Å². The van der Waals surface area contributed by atoms with E-state index in [1.54, 1.807) is 30.3 Å². The molecule has 0 amide bonds. The number of hydrogen-bond donors (Lipinski definition) is 2. The quantitative estimate of drug-likeness (QED) is 0.589. The van der Waals surface area contributed by atoms with Crippen LogP contribution in [0.15, 0.2) is 30.3 Å². The van der Waals surface area contributed by atoms with Gasteiger partial charge in [-0.15, -0.1) is 0 Å². The molecule has 0 bridgehead atoms. The molecule has 1 aromatic carbocycles. The standard InChI is InChI=1S/C13H16O4.Li.H/c1-2-3-9-13(11(14)15,12(16)17)10-7-5-4-6-8-10;;/h4-8H,2-3,9H2,1H3,(H,14,15)(H,16,17);;. The summed E-state index contributed by atoms with van der Waals surface area (Å²) in [5, 5.41) is 18.6. The predicted octanol–water partition coefficient (Wildman–Crippen LogP) is 1.64.